The maximum absolute atomic E-state index is 10.6. The molecule has 1 heterocycles. The van der Waals surface area contributed by atoms with E-state index in [9.17, 15) is 5.11 Å². The summed E-state index contributed by atoms with van der Waals surface area (Å²) in [5, 5.41) is 12.6. The number of aliphatic hydroxyl groups is 1. The number of nitrogens with zero attached hydrogens (tertiary/aromatic N) is 1. The summed E-state index contributed by atoms with van der Waals surface area (Å²) >= 11 is 1.43. The third-order valence-corrected chi connectivity index (χ3v) is 4.01. The summed E-state index contributed by atoms with van der Waals surface area (Å²) < 4.78 is 4.29. The van der Waals surface area contributed by atoms with Crippen molar-refractivity contribution in [3.05, 3.63) is 17.1 Å². The summed E-state index contributed by atoms with van der Waals surface area (Å²) in [5.74, 6) is 0.943. The van der Waals surface area contributed by atoms with Crippen LogP contribution in [-0.4, -0.2) is 9.48 Å². The van der Waals surface area contributed by atoms with Crippen LogP contribution in [0.1, 0.15) is 38.8 Å². The van der Waals surface area contributed by atoms with Gasteiger partial charge in [-0.3, -0.25) is 0 Å². The Balaban J connectivity index is 2.28. The highest BCUT2D eigenvalue weighted by atomic mass is 32.1. The first-order chi connectivity index (χ1) is 6.63. The molecule has 3 heteroatoms. The Labute approximate surface area is 89.1 Å². The summed E-state index contributed by atoms with van der Waals surface area (Å²) in [5.41, 5.74) is 0.207. The van der Waals surface area contributed by atoms with E-state index in [1.54, 1.807) is 0 Å². The molecular formula is C11H17NOS. The van der Waals surface area contributed by atoms with E-state index in [-0.39, 0.29) is 0 Å². The molecule has 0 bridgehead atoms. The van der Waals surface area contributed by atoms with Crippen molar-refractivity contribution in [3.63, 3.8) is 0 Å². The van der Waals surface area contributed by atoms with Crippen LogP contribution in [-0.2, 0) is 5.60 Å². The van der Waals surface area contributed by atoms with Crippen LogP contribution in [0.2, 0.25) is 0 Å². The molecule has 1 aromatic heterocycles. The molecule has 2 nitrogen and oxygen atoms in total. The van der Waals surface area contributed by atoms with Crippen LogP contribution in [0.25, 0.3) is 0 Å². The lowest BCUT2D eigenvalue weighted by Gasteiger charge is -2.39. The lowest BCUT2D eigenvalue weighted by Crippen LogP contribution is -2.39. The monoisotopic (exact) mass is 211 g/mol. The average molecular weight is 211 g/mol. The van der Waals surface area contributed by atoms with Gasteiger partial charge in [0.25, 0.3) is 0 Å². The molecule has 0 amide bonds. The van der Waals surface area contributed by atoms with Crippen LogP contribution in [0.4, 0.5) is 0 Å². The lowest BCUT2D eigenvalue weighted by molar-refractivity contribution is -0.0654. The Morgan fingerprint density at radius 3 is 2.93 bits per heavy atom. The first kappa shape index (κ1) is 10.1. The molecule has 0 aliphatic heterocycles. The van der Waals surface area contributed by atoms with Crippen molar-refractivity contribution in [3.8, 4) is 0 Å². The van der Waals surface area contributed by atoms with Crippen LogP contribution in [0.3, 0.4) is 0 Å². The van der Waals surface area contributed by atoms with Crippen LogP contribution in [0, 0.1) is 11.8 Å². The molecule has 1 fully saturated rings. The van der Waals surface area contributed by atoms with Gasteiger partial charge in [0.15, 0.2) is 0 Å². The predicted octanol–water partition coefficient (Wildman–Crippen LogP) is 2.79. The van der Waals surface area contributed by atoms with Gasteiger partial charge >= 0.3 is 0 Å². The first-order valence-corrected chi connectivity index (χ1v) is 6.10. The third-order valence-electron chi connectivity index (χ3n) is 3.45. The standard InChI is InChI=1S/C11H17NOS/c1-8-3-4-9(2)11(13,7-8)10-5-6-14-12-10/h5-6,8-9,13H,3-4,7H2,1-2H3. The number of hydrogen-bond donors (Lipinski definition) is 1. The van der Waals surface area contributed by atoms with Gasteiger partial charge < -0.3 is 5.11 Å². The van der Waals surface area contributed by atoms with E-state index in [0.717, 1.165) is 18.5 Å². The molecule has 0 spiro atoms. The van der Waals surface area contributed by atoms with Crippen molar-refractivity contribution < 1.29 is 5.11 Å². The zero-order valence-corrected chi connectivity index (χ0v) is 9.55. The van der Waals surface area contributed by atoms with Crippen LogP contribution < -0.4 is 0 Å². The van der Waals surface area contributed by atoms with Crippen LogP contribution in [0.15, 0.2) is 11.4 Å². The van der Waals surface area contributed by atoms with Gasteiger partial charge in [-0.1, -0.05) is 20.3 Å². The van der Waals surface area contributed by atoms with E-state index in [0.29, 0.717) is 11.8 Å². The lowest BCUT2D eigenvalue weighted by atomic mass is 9.70. The number of rotatable bonds is 1. The summed E-state index contributed by atoms with van der Waals surface area (Å²) in [6.07, 6.45) is 3.20. The molecule has 1 saturated carbocycles. The molecule has 0 saturated heterocycles. The molecule has 1 aromatic rings. The molecule has 3 atom stereocenters. The van der Waals surface area contributed by atoms with Crippen molar-refractivity contribution in [2.75, 3.05) is 0 Å². The average Bonchev–Trinajstić information content (AvgIpc) is 2.65. The smallest absolute Gasteiger partial charge is 0.110 e. The Kier molecular flexibility index (Phi) is 2.62. The highest BCUT2D eigenvalue weighted by Gasteiger charge is 2.41. The second kappa shape index (κ2) is 3.63. The van der Waals surface area contributed by atoms with Crippen molar-refractivity contribution in [1.82, 2.24) is 4.37 Å². The minimum absolute atomic E-state index is 0.334. The fourth-order valence-corrected chi connectivity index (χ4v) is 2.98. The molecule has 1 N–H and O–H groups in total. The van der Waals surface area contributed by atoms with Gasteiger partial charge in [0.05, 0.1) is 5.69 Å². The fourth-order valence-electron chi connectivity index (χ4n) is 2.40. The highest BCUT2D eigenvalue weighted by molar-refractivity contribution is 7.03. The Bertz CT molecular complexity index is 298. The van der Waals surface area contributed by atoms with Crippen molar-refractivity contribution >= 4 is 11.5 Å². The maximum atomic E-state index is 10.6. The van der Waals surface area contributed by atoms with E-state index < -0.39 is 5.60 Å². The predicted molar refractivity (Wildman–Crippen MR) is 58.2 cm³/mol. The number of aromatic nitrogens is 1. The van der Waals surface area contributed by atoms with Crippen LogP contribution in [0.5, 0.6) is 0 Å². The van der Waals surface area contributed by atoms with E-state index in [1.165, 1.54) is 18.0 Å². The molecule has 2 rings (SSSR count). The van der Waals surface area contributed by atoms with Gasteiger partial charge in [0.2, 0.25) is 0 Å². The van der Waals surface area contributed by atoms with Gasteiger partial charge in [-0.2, -0.15) is 4.37 Å². The molecule has 14 heavy (non-hydrogen) atoms. The SMILES string of the molecule is CC1CCC(C)C(O)(c2ccsn2)C1. The maximum Gasteiger partial charge on any atom is 0.110 e. The normalized spacial score (nSPS) is 38.5. The molecule has 1 aliphatic rings. The molecule has 3 unspecified atom stereocenters. The largest absolute Gasteiger partial charge is 0.383 e. The zero-order valence-electron chi connectivity index (χ0n) is 8.73. The molecular weight excluding hydrogens is 194 g/mol. The number of hydrogen-bond acceptors (Lipinski definition) is 3. The van der Waals surface area contributed by atoms with Gasteiger partial charge in [0.1, 0.15) is 5.60 Å². The topological polar surface area (TPSA) is 33.1 Å². The van der Waals surface area contributed by atoms with E-state index in [1.807, 2.05) is 11.4 Å². The van der Waals surface area contributed by atoms with Gasteiger partial charge in [-0.05, 0) is 42.3 Å². The van der Waals surface area contributed by atoms with Crippen LogP contribution >= 0.6 is 11.5 Å². The van der Waals surface area contributed by atoms with Gasteiger partial charge in [-0.15, -0.1) is 0 Å². The Hall–Kier alpha value is -0.410. The van der Waals surface area contributed by atoms with Gasteiger partial charge in [-0.25, -0.2) is 0 Å². The van der Waals surface area contributed by atoms with E-state index >= 15 is 0 Å². The fraction of sp³-hybridized carbons (Fsp3) is 0.727. The molecule has 78 valence electrons. The first-order valence-electron chi connectivity index (χ1n) is 5.26. The zero-order chi connectivity index (χ0) is 10.2. The van der Waals surface area contributed by atoms with Crippen molar-refractivity contribution in [2.24, 2.45) is 11.8 Å². The van der Waals surface area contributed by atoms with E-state index in [4.69, 9.17) is 0 Å². The summed E-state index contributed by atoms with van der Waals surface area (Å²) in [4.78, 5) is 0. The Morgan fingerprint density at radius 1 is 1.50 bits per heavy atom. The minimum Gasteiger partial charge on any atom is -0.383 e. The summed E-state index contributed by atoms with van der Waals surface area (Å²) in [7, 11) is 0. The quantitative estimate of drug-likeness (QED) is 0.775. The minimum atomic E-state index is -0.669. The third kappa shape index (κ3) is 1.59. The second-order valence-electron chi connectivity index (χ2n) is 4.60. The second-order valence-corrected chi connectivity index (χ2v) is 5.26. The highest BCUT2D eigenvalue weighted by Crippen LogP contribution is 2.43. The van der Waals surface area contributed by atoms with E-state index in [2.05, 4.69) is 18.2 Å². The Morgan fingerprint density at radius 2 is 2.29 bits per heavy atom. The van der Waals surface area contributed by atoms with Gasteiger partial charge in [0, 0.05) is 5.38 Å². The van der Waals surface area contributed by atoms with Crippen molar-refractivity contribution in [1.29, 1.82) is 0 Å². The molecule has 0 aromatic carbocycles. The summed E-state index contributed by atoms with van der Waals surface area (Å²) in [6, 6.07) is 1.96. The molecule has 0 radical (unpaired) electrons. The van der Waals surface area contributed by atoms with Crippen molar-refractivity contribution in [2.45, 2.75) is 38.7 Å². The molecule has 1 aliphatic carbocycles. The summed E-state index contributed by atoms with van der Waals surface area (Å²) in [6.45, 7) is 4.34.